The molecule has 1 unspecified atom stereocenters. The molecule has 27 heavy (non-hydrogen) atoms. The first-order valence-corrected chi connectivity index (χ1v) is 8.82. The number of H-pyrrole nitrogens is 1. The van der Waals surface area contributed by atoms with E-state index in [0.717, 1.165) is 5.75 Å². The van der Waals surface area contributed by atoms with Gasteiger partial charge in [0.1, 0.15) is 42.0 Å². The molecule has 1 aromatic heterocycles. The quantitative estimate of drug-likeness (QED) is 0.496. The molecule has 0 fully saturated rings. The van der Waals surface area contributed by atoms with Gasteiger partial charge in [-0.05, 0) is 31.2 Å². The molecule has 142 valence electrons. The summed E-state index contributed by atoms with van der Waals surface area (Å²) >= 11 is 0. The maximum atomic E-state index is 11.7. The van der Waals surface area contributed by atoms with Crippen LogP contribution in [0.15, 0.2) is 53.3 Å². The molecule has 0 aliphatic heterocycles. The summed E-state index contributed by atoms with van der Waals surface area (Å²) in [6, 6.07) is 14.9. The number of para-hydroxylation sites is 2. The molecule has 7 heteroatoms. The minimum Gasteiger partial charge on any atom is -0.492 e. The Morgan fingerprint density at radius 2 is 1.96 bits per heavy atom. The van der Waals surface area contributed by atoms with Crippen molar-refractivity contribution in [1.29, 1.82) is 0 Å². The normalized spacial score (nSPS) is 12.1. The van der Waals surface area contributed by atoms with Crippen molar-refractivity contribution in [3.8, 4) is 11.5 Å². The van der Waals surface area contributed by atoms with E-state index in [1.807, 2.05) is 30.3 Å². The number of benzene rings is 2. The van der Waals surface area contributed by atoms with E-state index in [4.69, 9.17) is 9.47 Å². The van der Waals surface area contributed by atoms with Crippen molar-refractivity contribution in [2.45, 2.75) is 13.0 Å². The van der Waals surface area contributed by atoms with Gasteiger partial charge in [-0.25, -0.2) is 4.98 Å². The zero-order valence-electron chi connectivity index (χ0n) is 15.1. The Morgan fingerprint density at radius 1 is 1.15 bits per heavy atom. The topological polar surface area (TPSA) is 96.5 Å². The molecule has 7 nitrogen and oxygen atoms in total. The molecule has 3 N–H and O–H groups in total. The fourth-order valence-electron chi connectivity index (χ4n) is 2.56. The van der Waals surface area contributed by atoms with E-state index in [9.17, 15) is 9.90 Å². The lowest BCUT2D eigenvalue weighted by Gasteiger charge is -2.14. The smallest absolute Gasteiger partial charge is 0.269 e. The first-order valence-electron chi connectivity index (χ1n) is 8.82. The highest BCUT2D eigenvalue weighted by Crippen LogP contribution is 2.21. The summed E-state index contributed by atoms with van der Waals surface area (Å²) in [4.78, 5) is 18.7. The number of hydrogen-bond donors (Lipinski definition) is 3. The van der Waals surface area contributed by atoms with Crippen LogP contribution in [0.5, 0.6) is 11.5 Å². The molecule has 0 aliphatic carbocycles. The average Bonchev–Trinajstić information content (AvgIpc) is 2.68. The minimum absolute atomic E-state index is 0.117. The number of aliphatic hydroxyl groups is 1. The van der Waals surface area contributed by atoms with Gasteiger partial charge in [0.05, 0.1) is 5.52 Å². The van der Waals surface area contributed by atoms with Crippen LogP contribution in [0.1, 0.15) is 5.69 Å². The van der Waals surface area contributed by atoms with Crippen molar-refractivity contribution in [2.75, 3.05) is 26.3 Å². The number of aromatic amines is 1. The molecule has 3 aromatic rings. The van der Waals surface area contributed by atoms with Gasteiger partial charge in [0.2, 0.25) is 0 Å². The van der Waals surface area contributed by atoms with Crippen LogP contribution in [0.2, 0.25) is 0 Å². The summed E-state index contributed by atoms with van der Waals surface area (Å²) < 4.78 is 11.3. The Bertz CT molecular complexity index is 927. The molecule has 3 rings (SSSR count). The number of aryl methyl sites for hydroxylation is 1. The van der Waals surface area contributed by atoms with Crippen molar-refractivity contribution >= 4 is 11.0 Å². The molecule has 2 aromatic carbocycles. The molecule has 0 amide bonds. The van der Waals surface area contributed by atoms with Crippen LogP contribution in [-0.2, 0) is 0 Å². The van der Waals surface area contributed by atoms with Crippen molar-refractivity contribution in [2.24, 2.45) is 0 Å². The number of nitrogens with one attached hydrogen (secondary N) is 2. The van der Waals surface area contributed by atoms with Crippen molar-refractivity contribution < 1.29 is 14.6 Å². The molecule has 0 bridgehead atoms. The van der Waals surface area contributed by atoms with Crippen LogP contribution < -0.4 is 20.3 Å². The summed E-state index contributed by atoms with van der Waals surface area (Å²) in [5.74, 6) is 1.35. The number of fused-ring (bicyclic) bond motifs is 1. The van der Waals surface area contributed by atoms with Gasteiger partial charge in [0.25, 0.3) is 5.56 Å². The van der Waals surface area contributed by atoms with E-state index in [1.165, 1.54) is 0 Å². The fraction of sp³-hybridized carbons (Fsp3) is 0.300. The fourth-order valence-corrected chi connectivity index (χ4v) is 2.56. The van der Waals surface area contributed by atoms with Gasteiger partial charge in [0.15, 0.2) is 0 Å². The van der Waals surface area contributed by atoms with Gasteiger partial charge < -0.3 is 24.9 Å². The Labute approximate surface area is 157 Å². The van der Waals surface area contributed by atoms with Gasteiger partial charge in [0, 0.05) is 13.1 Å². The summed E-state index contributed by atoms with van der Waals surface area (Å²) in [6.07, 6.45) is -0.680. The predicted octanol–water partition coefficient (Wildman–Crippen LogP) is 1.64. The van der Waals surface area contributed by atoms with E-state index in [2.05, 4.69) is 15.3 Å². The summed E-state index contributed by atoms with van der Waals surface area (Å²) in [6.45, 7) is 3.27. The molecule has 0 spiro atoms. The molecule has 1 atom stereocenters. The number of aromatic nitrogens is 2. The molecule has 0 saturated heterocycles. The van der Waals surface area contributed by atoms with Gasteiger partial charge in [-0.2, -0.15) is 0 Å². The third kappa shape index (κ3) is 5.29. The number of hydrogen-bond acceptors (Lipinski definition) is 6. The van der Waals surface area contributed by atoms with Crippen molar-refractivity contribution in [3.63, 3.8) is 0 Å². The Morgan fingerprint density at radius 3 is 2.78 bits per heavy atom. The first-order chi connectivity index (χ1) is 13.1. The lowest BCUT2D eigenvalue weighted by atomic mass is 10.2. The number of rotatable bonds is 9. The van der Waals surface area contributed by atoms with Gasteiger partial charge >= 0.3 is 0 Å². The van der Waals surface area contributed by atoms with E-state index < -0.39 is 6.10 Å². The van der Waals surface area contributed by atoms with Crippen molar-refractivity contribution in [1.82, 2.24) is 15.3 Å². The van der Waals surface area contributed by atoms with Crippen LogP contribution in [0.25, 0.3) is 11.0 Å². The van der Waals surface area contributed by atoms with Crippen LogP contribution in [-0.4, -0.2) is 47.5 Å². The maximum absolute atomic E-state index is 11.7. The van der Waals surface area contributed by atoms with E-state index in [0.29, 0.717) is 42.2 Å². The Kier molecular flexibility index (Phi) is 6.40. The Balaban J connectivity index is 1.44. The lowest BCUT2D eigenvalue weighted by Crippen LogP contribution is -2.33. The number of aliphatic hydroxyl groups excluding tert-OH is 1. The van der Waals surface area contributed by atoms with Crippen LogP contribution in [0, 0.1) is 6.92 Å². The standard InChI is InChI=1S/C20H23N3O4/c1-14-20(25)23-17-8-5-9-18(19(17)22-14)27-13-15(24)12-21-10-11-26-16-6-3-2-4-7-16/h2-9,15,21,24H,10-13H2,1H3,(H,23,25). The van der Waals surface area contributed by atoms with E-state index >= 15 is 0 Å². The van der Waals surface area contributed by atoms with Crippen LogP contribution in [0.3, 0.4) is 0 Å². The first kappa shape index (κ1) is 18.9. The van der Waals surface area contributed by atoms with E-state index in [1.54, 1.807) is 25.1 Å². The van der Waals surface area contributed by atoms with Crippen LogP contribution in [0.4, 0.5) is 0 Å². The lowest BCUT2D eigenvalue weighted by molar-refractivity contribution is 0.106. The highest BCUT2D eigenvalue weighted by atomic mass is 16.5. The second-order valence-corrected chi connectivity index (χ2v) is 6.13. The zero-order valence-corrected chi connectivity index (χ0v) is 15.1. The molecular formula is C20H23N3O4. The summed E-state index contributed by atoms with van der Waals surface area (Å²) in [5.41, 5.74) is 1.33. The molecule has 0 radical (unpaired) electrons. The monoisotopic (exact) mass is 369 g/mol. The largest absolute Gasteiger partial charge is 0.492 e. The zero-order chi connectivity index (χ0) is 19.1. The summed E-state index contributed by atoms with van der Waals surface area (Å²) in [5, 5.41) is 13.2. The second-order valence-electron chi connectivity index (χ2n) is 6.13. The number of ether oxygens (including phenoxy) is 2. The number of nitrogens with zero attached hydrogens (tertiary/aromatic N) is 1. The molecular weight excluding hydrogens is 346 g/mol. The maximum Gasteiger partial charge on any atom is 0.269 e. The average molecular weight is 369 g/mol. The second kappa shape index (κ2) is 9.16. The predicted molar refractivity (Wildman–Crippen MR) is 103 cm³/mol. The van der Waals surface area contributed by atoms with Crippen LogP contribution >= 0.6 is 0 Å². The molecule has 0 aliphatic rings. The minimum atomic E-state index is -0.680. The third-order valence-electron chi connectivity index (χ3n) is 3.96. The SMILES string of the molecule is Cc1nc2c(OCC(O)CNCCOc3ccccc3)cccc2[nH]c1=O. The molecule has 0 saturated carbocycles. The van der Waals surface area contributed by atoms with Gasteiger partial charge in [-0.15, -0.1) is 0 Å². The third-order valence-corrected chi connectivity index (χ3v) is 3.96. The highest BCUT2D eigenvalue weighted by Gasteiger charge is 2.09. The van der Waals surface area contributed by atoms with Gasteiger partial charge in [-0.1, -0.05) is 24.3 Å². The van der Waals surface area contributed by atoms with E-state index in [-0.39, 0.29) is 12.2 Å². The van der Waals surface area contributed by atoms with Gasteiger partial charge in [-0.3, -0.25) is 4.79 Å². The summed E-state index contributed by atoms with van der Waals surface area (Å²) in [7, 11) is 0. The molecule has 1 heterocycles. The highest BCUT2D eigenvalue weighted by molar-refractivity contribution is 5.80. The van der Waals surface area contributed by atoms with Crippen molar-refractivity contribution in [3.05, 3.63) is 64.6 Å². The Hall–Kier alpha value is -2.90.